The summed E-state index contributed by atoms with van der Waals surface area (Å²) in [6, 6.07) is 5.89. The minimum atomic E-state index is 0.699. The molecule has 17 heavy (non-hydrogen) atoms. The zero-order valence-corrected chi connectivity index (χ0v) is 12.0. The third-order valence-electron chi connectivity index (χ3n) is 2.35. The predicted octanol–water partition coefficient (Wildman–Crippen LogP) is 3.58. The molecule has 0 heterocycles. The minimum Gasteiger partial charge on any atom is -0.492 e. The SMILES string of the molecule is CCNCc1cccc(Cl)c1OCCCSC. The first kappa shape index (κ1) is 14.7. The zero-order valence-electron chi connectivity index (χ0n) is 10.5. The highest BCUT2D eigenvalue weighted by Gasteiger charge is 2.07. The molecule has 0 aliphatic heterocycles. The van der Waals surface area contributed by atoms with Gasteiger partial charge in [-0.05, 0) is 31.0 Å². The maximum absolute atomic E-state index is 6.16. The van der Waals surface area contributed by atoms with Crippen LogP contribution in [0.25, 0.3) is 0 Å². The molecule has 1 aromatic rings. The van der Waals surface area contributed by atoms with Crippen LogP contribution in [0.15, 0.2) is 18.2 Å². The molecule has 0 atom stereocenters. The second kappa shape index (κ2) is 8.67. The van der Waals surface area contributed by atoms with Crippen LogP contribution in [-0.4, -0.2) is 25.2 Å². The average molecular weight is 274 g/mol. The van der Waals surface area contributed by atoms with Gasteiger partial charge in [0.25, 0.3) is 0 Å². The standard InChI is InChI=1S/C13H20ClNOS/c1-3-15-10-11-6-4-7-12(14)13(11)16-8-5-9-17-2/h4,6-7,15H,3,5,8-10H2,1-2H3. The molecule has 0 unspecified atom stereocenters. The molecular weight excluding hydrogens is 254 g/mol. The van der Waals surface area contributed by atoms with E-state index >= 15 is 0 Å². The Morgan fingerprint density at radius 3 is 2.94 bits per heavy atom. The summed E-state index contributed by atoms with van der Waals surface area (Å²) >= 11 is 8.00. The lowest BCUT2D eigenvalue weighted by atomic mass is 10.2. The molecule has 0 spiro atoms. The lowest BCUT2D eigenvalue weighted by Gasteiger charge is -2.13. The van der Waals surface area contributed by atoms with Crippen LogP contribution in [0, 0.1) is 0 Å². The first-order chi connectivity index (χ1) is 8.29. The van der Waals surface area contributed by atoms with Crippen molar-refractivity contribution in [2.45, 2.75) is 19.9 Å². The highest BCUT2D eigenvalue weighted by molar-refractivity contribution is 7.98. The Bertz CT molecular complexity index is 333. The molecule has 1 N–H and O–H groups in total. The predicted molar refractivity (Wildman–Crippen MR) is 77.3 cm³/mol. The van der Waals surface area contributed by atoms with Crippen molar-refractivity contribution in [1.29, 1.82) is 0 Å². The number of hydrogen-bond donors (Lipinski definition) is 1. The topological polar surface area (TPSA) is 21.3 Å². The molecule has 0 saturated carbocycles. The molecule has 0 saturated heterocycles. The molecular formula is C13H20ClNOS. The lowest BCUT2D eigenvalue weighted by Crippen LogP contribution is -2.13. The Labute approximate surface area is 113 Å². The van der Waals surface area contributed by atoms with Crippen molar-refractivity contribution >= 4 is 23.4 Å². The van der Waals surface area contributed by atoms with Gasteiger partial charge >= 0.3 is 0 Å². The Morgan fingerprint density at radius 2 is 2.24 bits per heavy atom. The third-order valence-corrected chi connectivity index (χ3v) is 3.35. The number of rotatable bonds is 8. The van der Waals surface area contributed by atoms with Gasteiger partial charge in [0.05, 0.1) is 11.6 Å². The molecule has 0 amide bonds. The van der Waals surface area contributed by atoms with Crippen molar-refractivity contribution < 1.29 is 4.74 Å². The van der Waals surface area contributed by atoms with Crippen molar-refractivity contribution in [2.75, 3.05) is 25.2 Å². The maximum atomic E-state index is 6.16. The first-order valence-corrected chi connectivity index (χ1v) is 7.66. The van der Waals surface area contributed by atoms with Gasteiger partial charge < -0.3 is 10.1 Å². The monoisotopic (exact) mass is 273 g/mol. The van der Waals surface area contributed by atoms with Gasteiger partial charge in [-0.25, -0.2) is 0 Å². The highest BCUT2D eigenvalue weighted by Crippen LogP contribution is 2.28. The molecule has 0 aromatic heterocycles. The van der Waals surface area contributed by atoms with E-state index in [-0.39, 0.29) is 0 Å². The summed E-state index contributed by atoms with van der Waals surface area (Å²) in [6.45, 7) is 4.56. The van der Waals surface area contributed by atoms with Gasteiger partial charge in [-0.1, -0.05) is 30.7 Å². The summed E-state index contributed by atoms with van der Waals surface area (Å²) in [6.07, 6.45) is 3.15. The van der Waals surface area contributed by atoms with Crippen molar-refractivity contribution in [1.82, 2.24) is 5.32 Å². The number of thioether (sulfide) groups is 1. The summed E-state index contributed by atoms with van der Waals surface area (Å²) in [7, 11) is 0. The smallest absolute Gasteiger partial charge is 0.142 e. The Kier molecular flexibility index (Phi) is 7.49. The molecule has 1 aromatic carbocycles. The molecule has 0 aliphatic carbocycles. The van der Waals surface area contributed by atoms with Gasteiger partial charge in [-0.2, -0.15) is 11.8 Å². The van der Waals surface area contributed by atoms with Crippen molar-refractivity contribution in [3.8, 4) is 5.75 Å². The Hall–Kier alpha value is -0.380. The average Bonchev–Trinajstić information content (AvgIpc) is 2.34. The summed E-state index contributed by atoms with van der Waals surface area (Å²) < 4.78 is 5.78. The molecule has 0 radical (unpaired) electrons. The van der Waals surface area contributed by atoms with E-state index in [9.17, 15) is 0 Å². The van der Waals surface area contributed by atoms with Crippen molar-refractivity contribution in [3.05, 3.63) is 28.8 Å². The zero-order chi connectivity index (χ0) is 12.5. The fourth-order valence-electron chi connectivity index (χ4n) is 1.49. The summed E-state index contributed by atoms with van der Waals surface area (Å²) in [5.74, 6) is 1.95. The number of benzene rings is 1. The fourth-order valence-corrected chi connectivity index (χ4v) is 2.15. The summed E-state index contributed by atoms with van der Waals surface area (Å²) in [4.78, 5) is 0. The minimum absolute atomic E-state index is 0.699. The fraction of sp³-hybridized carbons (Fsp3) is 0.538. The van der Waals surface area contributed by atoms with Gasteiger partial charge in [0.2, 0.25) is 0 Å². The number of para-hydroxylation sites is 1. The van der Waals surface area contributed by atoms with E-state index in [1.807, 2.05) is 23.9 Å². The number of halogens is 1. The third kappa shape index (κ3) is 5.19. The number of hydrogen-bond acceptors (Lipinski definition) is 3. The van der Waals surface area contributed by atoms with E-state index in [1.165, 1.54) is 0 Å². The molecule has 4 heteroatoms. The lowest BCUT2D eigenvalue weighted by molar-refractivity contribution is 0.315. The van der Waals surface area contributed by atoms with Gasteiger partial charge in [0, 0.05) is 12.1 Å². The van der Waals surface area contributed by atoms with Crippen LogP contribution in [0.1, 0.15) is 18.9 Å². The number of ether oxygens (including phenoxy) is 1. The molecule has 96 valence electrons. The van der Waals surface area contributed by atoms with E-state index in [0.29, 0.717) is 5.02 Å². The quantitative estimate of drug-likeness (QED) is 0.732. The van der Waals surface area contributed by atoms with Crippen molar-refractivity contribution in [2.24, 2.45) is 0 Å². The van der Waals surface area contributed by atoms with E-state index in [0.717, 1.165) is 43.2 Å². The Morgan fingerprint density at radius 1 is 1.41 bits per heavy atom. The molecule has 2 nitrogen and oxygen atoms in total. The van der Waals surface area contributed by atoms with E-state index in [1.54, 1.807) is 0 Å². The second-order valence-electron chi connectivity index (χ2n) is 3.70. The van der Waals surface area contributed by atoms with Gasteiger partial charge in [-0.15, -0.1) is 0 Å². The molecule has 1 rings (SSSR count). The van der Waals surface area contributed by atoms with Crippen molar-refractivity contribution in [3.63, 3.8) is 0 Å². The van der Waals surface area contributed by atoms with Crippen LogP contribution in [0.5, 0.6) is 5.75 Å². The van der Waals surface area contributed by atoms with E-state index < -0.39 is 0 Å². The molecule has 0 fully saturated rings. The van der Waals surface area contributed by atoms with Crippen LogP contribution in [0.3, 0.4) is 0 Å². The molecule has 0 bridgehead atoms. The highest BCUT2D eigenvalue weighted by atomic mass is 35.5. The van der Waals surface area contributed by atoms with Crippen LogP contribution in [-0.2, 0) is 6.54 Å². The van der Waals surface area contributed by atoms with Crippen LogP contribution in [0.4, 0.5) is 0 Å². The van der Waals surface area contributed by atoms with Gasteiger partial charge in [0.1, 0.15) is 5.75 Å². The normalized spacial score (nSPS) is 10.5. The van der Waals surface area contributed by atoms with Crippen LogP contribution in [0.2, 0.25) is 5.02 Å². The van der Waals surface area contributed by atoms with E-state index in [4.69, 9.17) is 16.3 Å². The summed E-state index contributed by atoms with van der Waals surface area (Å²) in [5.41, 5.74) is 1.13. The van der Waals surface area contributed by atoms with Crippen LogP contribution >= 0.6 is 23.4 Å². The van der Waals surface area contributed by atoms with Gasteiger partial charge in [0.15, 0.2) is 0 Å². The van der Waals surface area contributed by atoms with Gasteiger partial charge in [-0.3, -0.25) is 0 Å². The van der Waals surface area contributed by atoms with Crippen LogP contribution < -0.4 is 10.1 Å². The molecule has 0 aliphatic rings. The Balaban J connectivity index is 2.60. The number of nitrogens with one attached hydrogen (secondary N) is 1. The second-order valence-corrected chi connectivity index (χ2v) is 5.10. The summed E-state index contributed by atoms with van der Waals surface area (Å²) in [5, 5.41) is 3.99. The first-order valence-electron chi connectivity index (χ1n) is 5.89. The van der Waals surface area contributed by atoms with E-state index in [2.05, 4.69) is 24.6 Å². The maximum Gasteiger partial charge on any atom is 0.142 e. The largest absolute Gasteiger partial charge is 0.492 e.